The van der Waals surface area contributed by atoms with Gasteiger partial charge >= 0.3 is 0 Å². The molecule has 0 atom stereocenters. The van der Waals surface area contributed by atoms with Crippen molar-refractivity contribution in [2.75, 3.05) is 13.1 Å². The Morgan fingerprint density at radius 3 is 3.08 bits per heavy atom. The summed E-state index contributed by atoms with van der Waals surface area (Å²) < 4.78 is 1.72. The first kappa shape index (κ1) is 9.92. The largest absolute Gasteiger partial charge is 0.316 e. The van der Waals surface area contributed by atoms with Gasteiger partial charge in [0.25, 0.3) is 0 Å². The van der Waals surface area contributed by atoms with Crippen LogP contribution in [0.4, 0.5) is 0 Å². The summed E-state index contributed by atoms with van der Waals surface area (Å²) in [4.78, 5) is 4.13. The highest BCUT2D eigenvalue weighted by Crippen LogP contribution is 1.88. The Kier molecular flexibility index (Phi) is 4.18. The third-order valence-electron chi connectivity index (χ3n) is 1.70. The number of aryl methyl sites for hydroxylation is 1. The van der Waals surface area contributed by atoms with Gasteiger partial charge in [-0.05, 0) is 13.0 Å². The summed E-state index contributed by atoms with van der Waals surface area (Å²) in [6.45, 7) is 5.56. The first-order valence-electron chi connectivity index (χ1n) is 4.49. The fourth-order valence-corrected chi connectivity index (χ4v) is 1.03. The van der Waals surface area contributed by atoms with Crippen LogP contribution in [0.1, 0.15) is 12.2 Å². The fourth-order valence-electron chi connectivity index (χ4n) is 1.03. The van der Waals surface area contributed by atoms with Crippen molar-refractivity contribution in [3.8, 4) is 0 Å². The van der Waals surface area contributed by atoms with E-state index in [1.807, 2.05) is 13.1 Å². The Morgan fingerprint density at radius 1 is 1.62 bits per heavy atom. The summed E-state index contributed by atoms with van der Waals surface area (Å²) in [6.07, 6.45) is 5.53. The van der Waals surface area contributed by atoms with E-state index in [1.54, 1.807) is 11.0 Å². The van der Waals surface area contributed by atoms with Gasteiger partial charge in [0.05, 0.1) is 0 Å². The Balaban J connectivity index is 2.09. The smallest absolute Gasteiger partial charge is 0.151 e. The van der Waals surface area contributed by atoms with Crippen molar-refractivity contribution < 1.29 is 0 Å². The van der Waals surface area contributed by atoms with E-state index < -0.39 is 0 Å². The molecule has 0 spiro atoms. The third kappa shape index (κ3) is 3.85. The van der Waals surface area contributed by atoms with Crippen LogP contribution in [0.25, 0.3) is 0 Å². The average molecular weight is 180 g/mol. The van der Waals surface area contributed by atoms with Crippen LogP contribution in [-0.2, 0) is 13.5 Å². The monoisotopic (exact) mass is 180 g/mol. The molecule has 0 unspecified atom stereocenters. The number of rotatable bonds is 6. The number of hydrogen-bond acceptors (Lipinski definition) is 3. The average Bonchev–Trinajstić information content (AvgIpc) is 2.51. The highest BCUT2D eigenvalue weighted by atomic mass is 15.3. The van der Waals surface area contributed by atoms with E-state index in [9.17, 15) is 0 Å². The molecule has 1 N–H and O–H groups in total. The zero-order valence-corrected chi connectivity index (χ0v) is 8.03. The summed E-state index contributed by atoms with van der Waals surface area (Å²) in [5.41, 5.74) is 0. The van der Waals surface area contributed by atoms with Crippen LogP contribution in [0, 0.1) is 0 Å². The number of aromatic nitrogens is 3. The van der Waals surface area contributed by atoms with Crippen molar-refractivity contribution in [3.05, 3.63) is 24.8 Å². The topological polar surface area (TPSA) is 42.7 Å². The molecule has 1 rings (SSSR count). The lowest BCUT2D eigenvalue weighted by Crippen LogP contribution is -2.18. The Bertz CT molecular complexity index is 254. The first-order valence-corrected chi connectivity index (χ1v) is 4.49. The molecular weight excluding hydrogens is 164 g/mol. The maximum Gasteiger partial charge on any atom is 0.151 e. The van der Waals surface area contributed by atoms with Crippen LogP contribution >= 0.6 is 0 Å². The molecule has 0 aliphatic carbocycles. The predicted molar refractivity (Wildman–Crippen MR) is 52.4 cm³/mol. The van der Waals surface area contributed by atoms with Gasteiger partial charge < -0.3 is 5.32 Å². The maximum atomic E-state index is 4.17. The van der Waals surface area contributed by atoms with Gasteiger partial charge in [-0.15, -0.1) is 6.58 Å². The van der Waals surface area contributed by atoms with Gasteiger partial charge in [-0.1, -0.05) is 6.08 Å². The number of hydrogen-bond donors (Lipinski definition) is 1. The van der Waals surface area contributed by atoms with Crippen LogP contribution in [0.2, 0.25) is 0 Å². The van der Waals surface area contributed by atoms with E-state index in [0.717, 1.165) is 31.8 Å². The van der Waals surface area contributed by atoms with E-state index in [-0.39, 0.29) is 0 Å². The minimum atomic E-state index is 0.887. The molecule has 0 aliphatic rings. The number of nitrogens with one attached hydrogen (secondary N) is 1. The number of nitrogens with zero attached hydrogens (tertiary/aromatic N) is 3. The molecular formula is C9H16N4. The molecule has 0 aliphatic heterocycles. The first-order chi connectivity index (χ1) is 6.33. The van der Waals surface area contributed by atoms with Crippen LogP contribution in [0.3, 0.4) is 0 Å². The Morgan fingerprint density at radius 2 is 2.46 bits per heavy atom. The molecule has 0 radical (unpaired) electrons. The summed E-state index contributed by atoms with van der Waals surface area (Å²) >= 11 is 0. The van der Waals surface area contributed by atoms with Gasteiger partial charge in [-0.2, -0.15) is 5.10 Å². The van der Waals surface area contributed by atoms with Crippen molar-refractivity contribution in [1.82, 2.24) is 20.1 Å². The zero-order chi connectivity index (χ0) is 9.52. The van der Waals surface area contributed by atoms with Gasteiger partial charge in [0, 0.05) is 20.0 Å². The van der Waals surface area contributed by atoms with Crippen molar-refractivity contribution >= 4 is 0 Å². The second-order valence-corrected chi connectivity index (χ2v) is 2.91. The standard InChI is InChI=1S/C9H16N4/c1-3-4-6-10-7-5-9-11-8-13(2)12-9/h3,8,10H,1,4-7H2,2H3. The van der Waals surface area contributed by atoms with Crippen molar-refractivity contribution in [2.24, 2.45) is 7.05 Å². The van der Waals surface area contributed by atoms with Crippen molar-refractivity contribution in [2.45, 2.75) is 12.8 Å². The van der Waals surface area contributed by atoms with Crippen LogP contribution in [0.5, 0.6) is 0 Å². The Labute approximate surface area is 78.7 Å². The normalized spacial score (nSPS) is 10.2. The van der Waals surface area contributed by atoms with Gasteiger partial charge in [0.2, 0.25) is 0 Å². The van der Waals surface area contributed by atoms with E-state index in [1.165, 1.54) is 0 Å². The maximum absolute atomic E-state index is 4.17. The summed E-state index contributed by atoms with van der Waals surface area (Å²) in [5, 5.41) is 7.46. The fraction of sp³-hybridized carbons (Fsp3) is 0.556. The van der Waals surface area contributed by atoms with E-state index in [0.29, 0.717) is 0 Å². The molecule has 1 aromatic heterocycles. The summed E-state index contributed by atoms with van der Waals surface area (Å²) in [7, 11) is 1.88. The quantitative estimate of drug-likeness (QED) is 0.513. The predicted octanol–water partition coefficient (Wildman–Crippen LogP) is 0.523. The van der Waals surface area contributed by atoms with Gasteiger partial charge in [-0.3, -0.25) is 4.68 Å². The molecule has 0 saturated heterocycles. The van der Waals surface area contributed by atoms with Crippen LogP contribution in [0.15, 0.2) is 19.0 Å². The van der Waals surface area contributed by atoms with E-state index in [4.69, 9.17) is 0 Å². The van der Waals surface area contributed by atoms with Gasteiger partial charge in [0.15, 0.2) is 5.82 Å². The molecule has 13 heavy (non-hydrogen) atoms. The molecule has 1 heterocycles. The third-order valence-corrected chi connectivity index (χ3v) is 1.70. The van der Waals surface area contributed by atoms with Gasteiger partial charge in [0.1, 0.15) is 6.33 Å². The van der Waals surface area contributed by atoms with Crippen molar-refractivity contribution in [1.29, 1.82) is 0 Å². The zero-order valence-electron chi connectivity index (χ0n) is 8.03. The van der Waals surface area contributed by atoms with E-state index in [2.05, 4.69) is 22.0 Å². The van der Waals surface area contributed by atoms with Crippen LogP contribution in [-0.4, -0.2) is 27.9 Å². The van der Waals surface area contributed by atoms with E-state index >= 15 is 0 Å². The highest BCUT2D eigenvalue weighted by molar-refractivity contribution is 4.82. The highest BCUT2D eigenvalue weighted by Gasteiger charge is 1.96. The molecule has 1 aromatic rings. The SMILES string of the molecule is C=CCCNCCc1ncn(C)n1. The second-order valence-electron chi connectivity index (χ2n) is 2.91. The minimum Gasteiger partial charge on any atom is -0.316 e. The molecule has 0 bridgehead atoms. The lowest BCUT2D eigenvalue weighted by Gasteiger charge is -1.98. The molecule has 0 fully saturated rings. The minimum absolute atomic E-state index is 0.887. The Hall–Kier alpha value is -1.16. The molecule has 0 aromatic carbocycles. The lowest BCUT2D eigenvalue weighted by atomic mass is 10.4. The van der Waals surface area contributed by atoms with Gasteiger partial charge in [-0.25, -0.2) is 4.98 Å². The van der Waals surface area contributed by atoms with Crippen molar-refractivity contribution in [3.63, 3.8) is 0 Å². The lowest BCUT2D eigenvalue weighted by molar-refractivity contribution is 0.664. The molecule has 0 amide bonds. The molecule has 0 saturated carbocycles. The summed E-state index contributed by atoms with van der Waals surface area (Å²) in [6, 6.07) is 0. The molecule has 4 heteroatoms. The second kappa shape index (κ2) is 5.48. The molecule has 4 nitrogen and oxygen atoms in total. The van der Waals surface area contributed by atoms with Crippen LogP contribution < -0.4 is 5.32 Å². The summed E-state index contributed by atoms with van der Waals surface area (Å²) in [5.74, 6) is 0.897. The molecule has 72 valence electrons.